The third kappa shape index (κ3) is 3.66. The number of Topliss-reactive ketones (excluding diaryl/α,β-unsaturated/α-hetero) is 1. The molecule has 0 spiro atoms. The average molecular weight is 288 g/mol. The number of hydrogen-bond donors (Lipinski definition) is 0. The molecule has 1 aromatic rings. The van der Waals surface area contributed by atoms with E-state index in [1.54, 1.807) is 0 Å². The molecule has 0 saturated heterocycles. The molecule has 1 aliphatic rings. The third-order valence-electron chi connectivity index (χ3n) is 4.52. The van der Waals surface area contributed by atoms with Crippen molar-refractivity contribution >= 4 is 5.78 Å². The normalized spacial score (nSPS) is 16.2. The van der Waals surface area contributed by atoms with E-state index in [2.05, 4.69) is 26.0 Å². The Hall–Kier alpha value is -1.31. The van der Waals surface area contributed by atoms with Crippen molar-refractivity contribution < 1.29 is 9.53 Å². The summed E-state index contributed by atoms with van der Waals surface area (Å²) in [6.45, 7) is 9.00. The van der Waals surface area contributed by atoms with Crippen molar-refractivity contribution in [2.75, 3.05) is 6.61 Å². The molecule has 0 N–H and O–H groups in total. The summed E-state index contributed by atoms with van der Waals surface area (Å²) >= 11 is 0. The molecular weight excluding hydrogens is 260 g/mol. The van der Waals surface area contributed by atoms with Gasteiger partial charge in [-0.05, 0) is 55.9 Å². The lowest BCUT2D eigenvalue weighted by Crippen LogP contribution is -2.19. The Balaban J connectivity index is 2.34. The fourth-order valence-electron chi connectivity index (χ4n) is 3.28. The molecule has 0 atom stereocenters. The predicted octanol–water partition coefficient (Wildman–Crippen LogP) is 5.28. The first-order valence-electron chi connectivity index (χ1n) is 8.36. The molecule has 1 fully saturated rings. The van der Waals surface area contributed by atoms with Gasteiger partial charge in [0.05, 0.1) is 6.61 Å². The number of carbonyl (C=O) groups is 1. The Labute approximate surface area is 128 Å². The van der Waals surface area contributed by atoms with Gasteiger partial charge < -0.3 is 4.74 Å². The summed E-state index contributed by atoms with van der Waals surface area (Å²) in [7, 11) is 0. The molecule has 1 aliphatic carbocycles. The van der Waals surface area contributed by atoms with E-state index in [1.807, 2.05) is 13.8 Å². The fraction of sp³-hybridized carbons (Fsp3) is 0.632. The van der Waals surface area contributed by atoms with Crippen LogP contribution in [0, 0.1) is 12.8 Å². The zero-order valence-corrected chi connectivity index (χ0v) is 13.9. The van der Waals surface area contributed by atoms with Crippen LogP contribution in [0.25, 0.3) is 0 Å². The molecule has 0 aromatic heterocycles. The van der Waals surface area contributed by atoms with Crippen LogP contribution in [-0.4, -0.2) is 12.4 Å². The maximum atomic E-state index is 12.8. The van der Waals surface area contributed by atoms with E-state index < -0.39 is 0 Å². The number of hydrogen-bond acceptors (Lipinski definition) is 2. The number of benzene rings is 1. The minimum Gasteiger partial charge on any atom is -0.494 e. The van der Waals surface area contributed by atoms with Crippen molar-refractivity contribution in [3.63, 3.8) is 0 Å². The van der Waals surface area contributed by atoms with Crippen LogP contribution in [0.15, 0.2) is 12.1 Å². The van der Waals surface area contributed by atoms with E-state index in [1.165, 1.54) is 19.3 Å². The summed E-state index contributed by atoms with van der Waals surface area (Å²) < 4.78 is 5.75. The maximum absolute atomic E-state index is 12.8. The van der Waals surface area contributed by atoms with Crippen LogP contribution in [0.5, 0.6) is 5.75 Å². The molecule has 0 aliphatic heterocycles. The molecule has 1 saturated carbocycles. The van der Waals surface area contributed by atoms with Crippen LogP contribution in [0.1, 0.15) is 80.3 Å². The second-order valence-electron chi connectivity index (χ2n) is 6.49. The summed E-state index contributed by atoms with van der Waals surface area (Å²) in [5, 5.41) is 0. The van der Waals surface area contributed by atoms with Crippen molar-refractivity contribution in [3.8, 4) is 5.75 Å². The number of aryl methyl sites for hydroxylation is 1. The van der Waals surface area contributed by atoms with E-state index in [9.17, 15) is 4.79 Å². The average Bonchev–Trinajstić information content (AvgIpc) is 2.47. The van der Waals surface area contributed by atoms with E-state index in [0.29, 0.717) is 18.3 Å². The van der Waals surface area contributed by atoms with Gasteiger partial charge in [0.25, 0.3) is 0 Å². The van der Waals surface area contributed by atoms with Gasteiger partial charge in [-0.25, -0.2) is 0 Å². The first-order valence-corrected chi connectivity index (χ1v) is 8.36. The molecule has 116 valence electrons. The molecule has 2 heteroatoms. The van der Waals surface area contributed by atoms with Gasteiger partial charge in [-0.15, -0.1) is 0 Å². The van der Waals surface area contributed by atoms with Gasteiger partial charge in [0.2, 0.25) is 0 Å². The third-order valence-corrected chi connectivity index (χ3v) is 4.52. The van der Waals surface area contributed by atoms with E-state index in [-0.39, 0.29) is 5.92 Å². The highest BCUT2D eigenvalue weighted by molar-refractivity contribution is 5.99. The summed E-state index contributed by atoms with van der Waals surface area (Å²) in [5.74, 6) is 1.88. The topological polar surface area (TPSA) is 26.3 Å². The zero-order chi connectivity index (χ0) is 15.4. The lowest BCUT2D eigenvalue weighted by atomic mass is 9.82. The van der Waals surface area contributed by atoms with Crippen molar-refractivity contribution in [1.82, 2.24) is 0 Å². The van der Waals surface area contributed by atoms with E-state index in [0.717, 1.165) is 35.3 Å². The Morgan fingerprint density at radius 2 is 1.90 bits per heavy atom. The zero-order valence-electron chi connectivity index (χ0n) is 13.9. The molecule has 0 amide bonds. The summed E-state index contributed by atoms with van der Waals surface area (Å²) in [4.78, 5) is 12.8. The largest absolute Gasteiger partial charge is 0.494 e. The fourth-order valence-corrected chi connectivity index (χ4v) is 3.28. The van der Waals surface area contributed by atoms with Gasteiger partial charge in [0.15, 0.2) is 5.78 Å². The minimum absolute atomic E-state index is 0.232. The Kier molecular flexibility index (Phi) is 5.44. The van der Waals surface area contributed by atoms with Crippen molar-refractivity contribution in [2.24, 2.45) is 5.92 Å². The van der Waals surface area contributed by atoms with E-state index in [4.69, 9.17) is 4.74 Å². The number of ketones is 1. The summed E-state index contributed by atoms with van der Waals surface area (Å²) in [6, 6.07) is 4.14. The smallest absolute Gasteiger partial charge is 0.166 e. The van der Waals surface area contributed by atoms with E-state index >= 15 is 0 Å². The first-order chi connectivity index (χ1) is 10.0. The second-order valence-corrected chi connectivity index (χ2v) is 6.49. The second kappa shape index (κ2) is 7.11. The van der Waals surface area contributed by atoms with Gasteiger partial charge in [-0.2, -0.15) is 0 Å². The SMILES string of the molecule is CCOc1cc(C)c(C(=O)C2CCCCC2)cc1C(C)C. The minimum atomic E-state index is 0.232. The van der Waals surface area contributed by atoms with Gasteiger partial charge in [0, 0.05) is 11.5 Å². The number of carbonyl (C=O) groups excluding carboxylic acids is 1. The lowest BCUT2D eigenvalue weighted by Gasteiger charge is -2.22. The highest BCUT2D eigenvalue weighted by Crippen LogP contribution is 2.33. The number of rotatable bonds is 5. The van der Waals surface area contributed by atoms with Crippen LogP contribution < -0.4 is 4.74 Å². The van der Waals surface area contributed by atoms with Gasteiger partial charge in [-0.1, -0.05) is 33.1 Å². The van der Waals surface area contributed by atoms with Gasteiger partial charge >= 0.3 is 0 Å². The van der Waals surface area contributed by atoms with Crippen molar-refractivity contribution in [1.29, 1.82) is 0 Å². The quantitative estimate of drug-likeness (QED) is 0.689. The van der Waals surface area contributed by atoms with Crippen LogP contribution in [0.4, 0.5) is 0 Å². The monoisotopic (exact) mass is 288 g/mol. The number of ether oxygens (including phenoxy) is 1. The first kappa shape index (κ1) is 16.1. The van der Waals surface area contributed by atoms with Crippen LogP contribution in [0.3, 0.4) is 0 Å². The van der Waals surface area contributed by atoms with Crippen LogP contribution in [0.2, 0.25) is 0 Å². The molecular formula is C19H28O2. The summed E-state index contributed by atoms with van der Waals surface area (Å²) in [6.07, 6.45) is 5.79. The lowest BCUT2D eigenvalue weighted by molar-refractivity contribution is 0.0889. The molecule has 1 aromatic carbocycles. The Morgan fingerprint density at radius 3 is 2.48 bits per heavy atom. The molecule has 0 unspecified atom stereocenters. The molecule has 2 rings (SSSR count). The summed E-state index contributed by atoms with van der Waals surface area (Å²) in [5.41, 5.74) is 3.12. The molecule has 0 radical (unpaired) electrons. The highest BCUT2D eigenvalue weighted by atomic mass is 16.5. The Morgan fingerprint density at radius 1 is 1.24 bits per heavy atom. The van der Waals surface area contributed by atoms with Crippen molar-refractivity contribution in [3.05, 3.63) is 28.8 Å². The maximum Gasteiger partial charge on any atom is 0.166 e. The highest BCUT2D eigenvalue weighted by Gasteiger charge is 2.25. The molecule has 21 heavy (non-hydrogen) atoms. The molecule has 2 nitrogen and oxygen atoms in total. The standard InChI is InChI=1S/C19H28O2/c1-5-21-18-11-14(4)17(12-16(18)13(2)3)19(20)15-9-7-6-8-10-15/h11-13,15H,5-10H2,1-4H3. The van der Waals surface area contributed by atoms with Crippen LogP contribution in [-0.2, 0) is 0 Å². The Bertz CT molecular complexity index is 497. The predicted molar refractivity (Wildman–Crippen MR) is 87.3 cm³/mol. The molecule has 0 bridgehead atoms. The van der Waals surface area contributed by atoms with Crippen molar-refractivity contribution in [2.45, 2.75) is 65.7 Å². The van der Waals surface area contributed by atoms with Gasteiger partial charge in [0.1, 0.15) is 5.75 Å². The van der Waals surface area contributed by atoms with Crippen LogP contribution >= 0.6 is 0 Å². The molecule has 0 heterocycles. The van der Waals surface area contributed by atoms with Gasteiger partial charge in [-0.3, -0.25) is 4.79 Å².